The van der Waals surface area contributed by atoms with Crippen molar-refractivity contribution in [1.29, 1.82) is 0 Å². The smallest absolute Gasteiger partial charge is 0.340 e. The first-order valence-corrected chi connectivity index (χ1v) is 4.14. The topological polar surface area (TPSA) is 77.8 Å². The average molecular weight is 196 g/mol. The zero-order valence-corrected chi connectivity index (χ0v) is 7.77. The number of carboxylic acids is 1. The molecule has 14 heavy (non-hydrogen) atoms. The molecule has 4 nitrogen and oxygen atoms in total. The minimum atomic E-state index is -1.88. The fourth-order valence-electron chi connectivity index (χ4n) is 1.06. The van der Waals surface area contributed by atoms with Crippen LogP contribution in [0.15, 0.2) is 24.3 Å². The maximum absolute atomic E-state index is 10.7. The molecule has 1 aromatic rings. The van der Waals surface area contributed by atoms with E-state index in [2.05, 4.69) is 0 Å². The van der Waals surface area contributed by atoms with Gasteiger partial charge in [-0.15, -0.1) is 0 Å². The zero-order chi connectivity index (χ0) is 10.8. The van der Waals surface area contributed by atoms with Gasteiger partial charge in [-0.1, -0.05) is 24.3 Å². The van der Waals surface area contributed by atoms with Gasteiger partial charge in [0.05, 0.1) is 6.61 Å². The summed E-state index contributed by atoms with van der Waals surface area (Å²) in [7, 11) is 0. The van der Waals surface area contributed by atoms with E-state index in [9.17, 15) is 9.90 Å². The Hall–Kier alpha value is -1.39. The molecule has 0 radical (unpaired) electrons. The molecule has 1 atom stereocenters. The molecular formula is C10H12O4. The van der Waals surface area contributed by atoms with E-state index in [0.717, 1.165) is 0 Å². The second kappa shape index (κ2) is 3.77. The largest absolute Gasteiger partial charge is 0.479 e. The summed E-state index contributed by atoms with van der Waals surface area (Å²) in [4.78, 5) is 10.7. The molecule has 1 unspecified atom stereocenters. The Labute approximate surface area is 81.4 Å². The summed E-state index contributed by atoms with van der Waals surface area (Å²) in [5.41, 5.74) is -0.911. The zero-order valence-electron chi connectivity index (χ0n) is 7.77. The first kappa shape index (κ1) is 10.7. The fourth-order valence-corrected chi connectivity index (χ4v) is 1.06. The van der Waals surface area contributed by atoms with Gasteiger partial charge in [-0.25, -0.2) is 4.79 Å². The monoisotopic (exact) mass is 196 g/mol. The Morgan fingerprint density at radius 2 is 1.86 bits per heavy atom. The Bertz CT molecular complexity index is 326. The second-order valence-electron chi connectivity index (χ2n) is 3.23. The third-order valence-electron chi connectivity index (χ3n) is 2.12. The van der Waals surface area contributed by atoms with E-state index in [4.69, 9.17) is 10.2 Å². The molecule has 1 rings (SSSR count). The summed E-state index contributed by atoms with van der Waals surface area (Å²) < 4.78 is 0. The molecule has 0 aliphatic heterocycles. The predicted octanol–water partition coefficient (Wildman–Crippen LogP) is 0.471. The van der Waals surface area contributed by atoms with Crippen LogP contribution in [0.5, 0.6) is 0 Å². The molecule has 1 aromatic carbocycles. The summed E-state index contributed by atoms with van der Waals surface area (Å²) in [5, 5.41) is 27.0. The second-order valence-corrected chi connectivity index (χ2v) is 3.23. The number of aliphatic carboxylic acids is 1. The van der Waals surface area contributed by atoms with Crippen molar-refractivity contribution >= 4 is 5.97 Å². The Morgan fingerprint density at radius 3 is 2.21 bits per heavy atom. The van der Waals surface area contributed by atoms with Gasteiger partial charge in [0, 0.05) is 0 Å². The molecule has 0 amide bonds. The van der Waals surface area contributed by atoms with Crippen LogP contribution < -0.4 is 0 Å². The normalized spacial score (nSPS) is 14.8. The van der Waals surface area contributed by atoms with Crippen LogP contribution in [0.3, 0.4) is 0 Å². The molecule has 0 aliphatic rings. The molecule has 4 heteroatoms. The van der Waals surface area contributed by atoms with E-state index in [1.54, 1.807) is 12.1 Å². The minimum Gasteiger partial charge on any atom is -0.479 e. The number of carbonyl (C=O) groups is 1. The molecule has 0 heterocycles. The molecule has 3 N–H and O–H groups in total. The van der Waals surface area contributed by atoms with Gasteiger partial charge in [-0.3, -0.25) is 0 Å². The molecule has 0 aliphatic carbocycles. The Morgan fingerprint density at radius 1 is 1.36 bits per heavy atom. The van der Waals surface area contributed by atoms with Gasteiger partial charge in [-0.05, 0) is 18.1 Å². The van der Waals surface area contributed by atoms with E-state index >= 15 is 0 Å². The van der Waals surface area contributed by atoms with Crippen LogP contribution in [-0.4, -0.2) is 21.3 Å². The summed E-state index contributed by atoms with van der Waals surface area (Å²) in [5.74, 6) is -1.30. The highest BCUT2D eigenvalue weighted by molar-refractivity contribution is 5.78. The van der Waals surface area contributed by atoms with Crippen LogP contribution in [0, 0.1) is 0 Å². The lowest BCUT2D eigenvalue weighted by Gasteiger charge is -2.18. The molecule has 76 valence electrons. The molecule has 0 fully saturated rings. The van der Waals surface area contributed by atoms with E-state index in [1.165, 1.54) is 19.1 Å². The number of hydrogen-bond acceptors (Lipinski definition) is 3. The number of hydrogen-bond donors (Lipinski definition) is 3. The van der Waals surface area contributed by atoms with E-state index in [1.807, 2.05) is 0 Å². The van der Waals surface area contributed by atoms with Gasteiger partial charge in [-0.2, -0.15) is 0 Å². The number of carboxylic acid groups (broad SMARTS) is 1. The van der Waals surface area contributed by atoms with Crippen LogP contribution in [0.1, 0.15) is 18.1 Å². The lowest BCUT2D eigenvalue weighted by atomic mass is 9.95. The fraction of sp³-hybridized carbons (Fsp3) is 0.300. The van der Waals surface area contributed by atoms with Crippen LogP contribution in [0.2, 0.25) is 0 Å². The number of aliphatic hydroxyl groups is 2. The average Bonchev–Trinajstić information content (AvgIpc) is 2.17. The van der Waals surface area contributed by atoms with Gasteiger partial charge < -0.3 is 15.3 Å². The number of aliphatic hydroxyl groups excluding tert-OH is 1. The lowest BCUT2D eigenvalue weighted by molar-refractivity contribution is -0.157. The first-order chi connectivity index (χ1) is 6.48. The van der Waals surface area contributed by atoms with Gasteiger partial charge in [0.15, 0.2) is 5.60 Å². The third-order valence-corrected chi connectivity index (χ3v) is 2.12. The quantitative estimate of drug-likeness (QED) is 0.656. The summed E-state index contributed by atoms with van der Waals surface area (Å²) >= 11 is 0. The van der Waals surface area contributed by atoms with Gasteiger partial charge in [0.25, 0.3) is 0 Å². The van der Waals surface area contributed by atoms with Crippen molar-refractivity contribution in [2.75, 3.05) is 0 Å². The van der Waals surface area contributed by atoms with Crippen molar-refractivity contribution in [1.82, 2.24) is 0 Å². The SMILES string of the molecule is CC(O)(C(=O)O)c1ccc(CO)cc1. The van der Waals surface area contributed by atoms with Crippen LogP contribution >= 0.6 is 0 Å². The Balaban J connectivity index is 3.02. The summed E-state index contributed by atoms with van der Waals surface area (Å²) in [6.45, 7) is 1.11. The molecule has 0 saturated heterocycles. The van der Waals surface area contributed by atoms with Crippen molar-refractivity contribution in [2.24, 2.45) is 0 Å². The van der Waals surface area contributed by atoms with Crippen molar-refractivity contribution in [3.8, 4) is 0 Å². The highest BCUT2D eigenvalue weighted by atomic mass is 16.4. The van der Waals surface area contributed by atoms with Crippen molar-refractivity contribution < 1.29 is 20.1 Å². The highest BCUT2D eigenvalue weighted by Gasteiger charge is 2.31. The highest BCUT2D eigenvalue weighted by Crippen LogP contribution is 2.20. The summed E-state index contributed by atoms with van der Waals surface area (Å²) in [6.07, 6.45) is 0. The van der Waals surface area contributed by atoms with Crippen LogP contribution in [0.25, 0.3) is 0 Å². The molecule has 0 saturated carbocycles. The number of rotatable bonds is 3. The van der Waals surface area contributed by atoms with Gasteiger partial charge in [0.1, 0.15) is 0 Å². The molecule has 0 bridgehead atoms. The standard InChI is InChI=1S/C10H12O4/c1-10(14,9(12)13)8-4-2-7(6-11)3-5-8/h2-5,11,14H,6H2,1H3,(H,12,13). The maximum atomic E-state index is 10.7. The van der Waals surface area contributed by atoms with Crippen molar-refractivity contribution in [3.63, 3.8) is 0 Å². The summed E-state index contributed by atoms with van der Waals surface area (Å²) in [6, 6.07) is 6.12. The number of benzene rings is 1. The van der Waals surface area contributed by atoms with E-state index in [-0.39, 0.29) is 6.61 Å². The lowest BCUT2D eigenvalue weighted by Crippen LogP contribution is -2.31. The minimum absolute atomic E-state index is 0.102. The predicted molar refractivity (Wildman–Crippen MR) is 49.6 cm³/mol. The molecule has 0 spiro atoms. The maximum Gasteiger partial charge on any atom is 0.340 e. The van der Waals surface area contributed by atoms with E-state index < -0.39 is 11.6 Å². The van der Waals surface area contributed by atoms with Crippen LogP contribution in [0.4, 0.5) is 0 Å². The van der Waals surface area contributed by atoms with Crippen LogP contribution in [-0.2, 0) is 17.0 Å². The van der Waals surface area contributed by atoms with Crippen molar-refractivity contribution in [3.05, 3.63) is 35.4 Å². The van der Waals surface area contributed by atoms with Crippen molar-refractivity contribution in [2.45, 2.75) is 19.1 Å². The molecular weight excluding hydrogens is 184 g/mol. The third kappa shape index (κ3) is 1.92. The van der Waals surface area contributed by atoms with Gasteiger partial charge in [0.2, 0.25) is 0 Å². The van der Waals surface area contributed by atoms with E-state index in [0.29, 0.717) is 11.1 Å². The first-order valence-electron chi connectivity index (χ1n) is 4.14. The molecule has 0 aromatic heterocycles. The Kier molecular flexibility index (Phi) is 2.88. The van der Waals surface area contributed by atoms with Gasteiger partial charge >= 0.3 is 5.97 Å².